The fraction of sp³-hybridized carbons (Fsp3) is 0.409. The maximum absolute atomic E-state index is 12.8. The zero-order valence-electron chi connectivity index (χ0n) is 16.7. The van der Waals surface area contributed by atoms with Crippen LogP contribution in [-0.2, 0) is 0 Å². The number of pyridine rings is 1. The molecule has 0 radical (unpaired) electrons. The van der Waals surface area contributed by atoms with Crippen LogP contribution in [-0.4, -0.2) is 34.8 Å². The molecule has 1 aromatic carbocycles. The molecule has 0 fully saturated rings. The molecule has 1 heterocycles. The second-order valence-electron chi connectivity index (χ2n) is 6.95. The van der Waals surface area contributed by atoms with Crippen molar-refractivity contribution in [3.05, 3.63) is 59.4 Å². The minimum atomic E-state index is -0.261. The smallest absolute Gasteiger partial charge is 0.257 e. The van der Waals surface area contributed by atoms with Gasteiger partial charge >= 0.3 is 0 Å². The average molecular weight is 367 g/mol. The van der Waals surface area contributed by atoms with E-state index in [1.165, 1.54) is 12.4 Å². The standard InChI is InChI=1S/C22H29N3O2/c1-5-11-25(12-6-2)22(27)18-13-17(14-23-15-18)21(26)24-20-10-8-7-9-19(20)16(3)4/h7-10,13-16H,5-6,11-12H2,1-4H3,(H,24,26). The first-order valence-corrected chi connectivity index (χ1v) is 9.62. The van der Waals surface area contributed by atoms with Crippen molar-refractivity contribution < 1.29 is 9.59 Å². The van der Waals surface area contributed by atoms with Crippen LogP contribution in [0.2, 0.25) is 0 Å². The molecule has 0 aliphatic rings. The highest BCUT2D eigenvalue weighted by Crippen LogP contribution is 2.24. The summed E-state index contributed by atoms with van der Waals surface area (Å²) in [5.74, 6) is -0.0459. The minimum Gasteiger partial charge on any atom is -0.339 e. The SMILES string of the molecule is CCCN(CCC)C(=O)c1cncc(C(=O)Nc2ccccc2C(C)C)c1. The van der Waals surface area contributed by atoms with Crippen molar-refractivity contribution in [2.24, 2.45) is 0 Å². The molecule has 0 atom stereocenters. The van der Waals surface area contributed by atoms with Gasteiger partial charge in [-0.05, 0) is 36.5 Å². The quantitative estimate of drug-likeness (QED) is 0.734. The van der Waals surface area contributed by atoms with Gasteiger partial charge in [0.2, 0.25) is 0 Å². The number of nitrogens with zero attached hydrogens (tertiary/aromatic N) is 2. The molecule has 0 unspecified atom stereocenters. The summed E-state index contributed by atoms with van der Waals surface area (Å²) >= 11 is 0. The van der Waals surface area contributed by atoms with Gasteiger partial charge in [0.1, 0.15) is 0 Å². The zero-order chi connectivity index (χ0) is 19.8. The molecule has 0 aliphatic carbocycles. The maximum Gasteiger partial charge on any atom is 0.257 e. The summed E-state index contributed by atoms with van der Waals surface area (Å²) in [5.41, 5.74) is 2.69. The van der Waals surface area contributed by atoms with Gasteiger partial charge < -0.3 is 10.2 Å². The summed E-state index contributed by atoms with van der Waals surface area (Å²) < 4.78 is 0. The molecular weight excluding hydrogens is 338 g/mol. The van der Waals surface area contributed by atoms with Crippen LogP contribution < -0.4 is 5.32 Å². The third-order valence-electron chi connectivity index (χ3n) is 4.35. The third kappa shape index (κ3) is 5.39. The van der Waals surface area contributed by atoms with Gasteiger partial charge in [0.15, 0.2) is 0 Å². The van der Waals surface area contributed by atoms with Gasteiger partial charge in [0.05, 0.1) is 11.1 Å². The van der Waals surface area contributed by atoms with Crippen molar-refractivity contribution >= 4 is 17.5 Å². The number of hydrogen-bond acceptors (Lipinski definition) is 3. The molecule has 1 aromatic heterocycles. The van der Waals surface area contributed by atoms with Crippen molar-refractivity contribution in [2.75, 3.05) is 18.4 Å². The van der Waals surface area contributed by atoms with E-state index in [-0.39, 0.29) is 11.8 Å². The van der Waals surface area contributed by atoms with E-state index < -0.39 is 0 Å². The Morgan fingerprint density at radius 3 is 2.30 bits per heavy atom. The van der Waals surface area contributed by atoms with Crippen LogP contribution in [0.1, 0.15) is 72.7 Å². The van der Waals surface area contributed by atoms with Crippen LogP contribution >= 0.6 is 0 Å². The van der Waals surface area contributed by atoms with Crippen molar-refractivity contribution in [3.8, 4) is 0 Å². The van der Waals surface area contributed by atoms with Gasteiger partial charge in [-0.25, -0.2) is 0 Å². The highest BCUT2D eigenvalue weighted by Gasteiger charge is 2.17. The summed E-state index contributed by atoms with van der Waals surface area (Å²) in [6.45, 7) is 9.66. The molecule has 144 valence electrons. The van der Waals surface area contributed by atoms with E-state index in [9.17, 15) is 9.59 Å². The Balaban J connectivity index is 2.22. The first-order valence-electron chi connectivity index (χ1n) is 9.62. The normalized spacial score (nSPS) is 10.7. The number of nitrogens with one attached hydrogen (secondary N) is 1. The first kappa shape index (κ1) is 20.6. The van der Waals surface area contributed by atoms with Gasteiger partial charge in [-0.3, -0.25) is 14.6 Å². The van der Waals surface area contributed by atoms with E-state index in [0.717, 1.165) is 24.1 Å². The number of amides is 2. The monoisotopic (exact) mass is 367 g/mol. The number of anilines is 1. The topological polar surface area (TPSA) is 62.3 Å². The van der Waals surface area contributed by atoms with Crippen molar-refractivity contribution in [1.29, 1.82) is 0 Å². The van der Waals surface area contributed by atoms with E-state index >= 15 is 0 Å². The van der Waals surface area contributed by atoms with Gasteiger partial charge in [-0.2, -0.15) is 0 Å². The second-order valence-corrected chi connectivity index (χ2v) is 6.95. The van der Waals surface area contributed by atoms with Crippen LogP contribution in [0.15, 0.2) is 42.7 Å². The first-order chi connectivity index (χ1) is 13.0. The number of aromatic nitrogens is 1. The molecule has 27 heavy (non-hydrogen) atoms. The molecule has 0 aliphatic heterocycles. The zero-order valence-corrected chi connectivity index (χ0v) is 16.7. The number of rotatable bonds is 8. The van der Waals surface area contributed by atoms with Crippen LogP contribution in [0.3, 0.4) is 0 Å². The molecule has 2 rings (SSSR count). The fourth-order valence-electron chi connectivity index (χ4n) is 3.03. The van der Waals surface area contributed by atoms with E-state index in [1.54, 1.807) is 6.07 Å². The Morgan fingerprint density at radius 1 is 1.04 bits per heavy atom. The number of carbonyl (C=O) groups excluding carboxylic acids is 2. The van der Waals surface area contributed by atoms with Gasteiger partial charge in [0, 0.05) is 31.2 Å². The average Bonchev–Trinajstić information content (AvgIpc) is 2.67. The lowest BCUT2D eigenvalue weighted by Gasteiger charge is -2.21. The van der Waals surface area contributed by atoms with Crippen molar-refractivity contribution in [2.45, 2.75) is 46.5 Å². The predicted molar refractivity (Wildman–Crippen MR) is 109 cm³/mol. The molecule has 5 nitrogen and oxygen atoms in total. The molecule has 0 saturated carbocycles. The highest BCUT2D eigenvalue weighted by molar-refractivity contribution is 6.06. The van der Waals surface area contributed by atoms with Gasteiger partial charge in [-0.1, -0.05) is 45.9 Å². The number of hydrogen-bond donors (Lipinski definition) is 1. The van der Waals surface area contributed by atoms with E-state index in [0.29, 0.717) is 30.1 Å². The molecule has 1 N–H and O–H groups in total. The Morgan fingerprint density at radius 2 is 1.67 bits per heavy atom. The van der Waals surface area contributed by atoms with E-state index in [1.807, 2.05) is 43.0 Å². The Bertz CT molecular complexity index is 781. The van der Waals surface area contributed by atoms with Gasteiger partial charge in [0.25, 0.3) is 11.8 Å². The Labute approximate surface area is 161 Å². The van der Waals surface area contributed by atoms with Crippen molar-refractivity contribution in [3.63, 3.8) is 0 Å². The van der Waals surface area contributed by atoms with Crippen LogP contribution in [0.25, 0.3) is 0 Å². The lowest BCUT2D eigenvalue weighted by atomic mass is 10.0. The third-order valence-corrected chi connectivity index (χ3v) is 4.35. The summed E-state index contributed by atoms with van der Waals surface area (Å²) in [4.78, 5) is 31.4. The van der Waals surface area contributed by atoms with Crippen LogP contribution in [0, 0.1) is 0 Å². The molecule has 0 bridgehead atoms. The summed E-state index contributed by atoms with van der Waals surface area (Å²) in [6, 6.07) is 9.38. The Kier molecular flexibility index (Phi) is 7.53. The lowest BCUT2D eigenvalue weighted by Crippen LogP contribution is -2.32. The highest BCUT2D eigenvalue weighted by atomic mass is 16.2. The molecule has 0 spiro atoms. The Hall–Kier alpha value is -2.69. The minimum absolute atomic E-state index is 0.0802. The number of carbonyl (C=O) groups is 2. The number of para-hydroxylation sites is 1. The van der Waals surface area contributed by atoms with Gasteiger partial charge in [-0.15, -0.1) is 0 Å². The van der Waals surface area contributed by atoms with E-state index in [2.05, 4.69) is 24.1 Å². The maximum atomic E-state index is 12.8. The number of benzene rings is 1. The molecule has 0 saturated heterocycles. The lowest BCUT2D eigenvalue weighted by molar-refractivity contribution is 0.0755. The summed E-state index contributed by atoms with van der Waals surface area (Å²) in [7, 11) is 0. The fourth-order valence-corrected chi connectivity index (χ4v) is 3.03. The predicted octanol–water partition coefficient (Wildman–Crippen LogP) is 4.72. The van der Waals surface area contributed by atoms with Crippen LogP contribution in [0.5, 0.6) is 0 Å². The van der Waals surface area contributed by atoms with Crippen LogP contribution in [0.4, 0.5) is 5.69 Å². The van der Waals surface area contributed by atoms with E-state index in [4.69, 9.17) is 0 Å². The van der Waals surface area contributed by atoms with Crippen molar-refractivity contribution in [1.82, 2.24) is 9.88 Å². The largest absolute Gasteiger partial charge is 0.339 e. The second kappa shape index (κ2) is 9.86. The molecule has 2 aromatic rings. The summed E-state index contributed by atoms with van der Waals surface area (Å²) in [6.07, 6.45) is 4.81. The summed E-state index contributed by atoms with van der Waals surface area (Å²) in [5, 5.41) is 2.95. The molecular formula is C22H29N3O2. The molecule has 5 heteroatoms. The molecule has 2 amide bonds.